The van der Waals surface area contributed by atoms with Gasteiger partial charge in [0.1, 0.15) is 17.0 Å². The van der Waals surface area contributed by atoms with Crippen LogP contribution in [0.4, 0.5) is 16.3 Å². The van der Waals surface area contributed by atoms with Crippen molar-refractivity contribution < 1.29 is 13.9 Å². The molecule has 1 aliphatic heterocycles. The molecule has 1 amide bonds. The van der Waals surface area contributed by atoms with Crippen molar-refractivity contribution in [2.24, 2.45) is 0 Å². The van der Waals surface area contributed by atoms with E-state index in [2.05, 4.69) is 9.88 Å². The lowest BCUT2D eigenvalue weighted by Crippen LogP contribution is -2.50. The van der Waals surface area contributed by atoms with Crippen molar-refractivity contribution in [2.45, 2.75) is 26.4 Å². The van der Waals surface area contributed by atoms with E-state index in [1.165, 1.54) is 0 Å². The number of nitrogens with two attached hydrogens (primary N) is 1. The van der Waals surface area contributed by atoms with Crippen LogP contribution < -0.4 is 16.1 Å². The number of nitrogen functional groups attached to an aromatic ring is 1. The molecule has 0 aliphatic carbocycles. The number of carbonyl (C=O) groups excluding carboxylic acids is 1. The number of pyridine rings is 1. The normalized spacial score (nSPS) is 14.4. The standard InChI is InChI=1S/C27H27ClN4O4/c1-27(2,3)36-26(34)32-12-10-31(11-13-32)17-7-4-6-16(14-17)18-15-21-23(30-25(18)29)24(33)22-19(28)8-5-9-20(22)35-21/h4-9,14-15H,10-13H2,1-3H3,(H2,29,30). The van der Waals surface area contributed by atoms with Gasteiger partial charge in [-0.3, -0.25) is 4.79 Å². The van der Waals surface area contributed by atoms with Gasteiger partial charge in [-0.1, -0.05) is 29.8 Å². The van der Waals surface area contributed by atoms with Crippen LogP contribution in [0.15, 0.2) is 57.7 Å². The fourth-order valence-corrected chi connectivity index (χ4v) is 4.62. The van der Waals surface area contributed by atoms with Crippen LogP contribution in [0.1, 0.15) is 20.8 Å². The van der Waals surface area contributed by atoms with Crippen molar-refractivity contribution >= 4 is 51.3 Å². The van der Waals surface area contributed by atoms with Gasteiger partial charge in [0.05, 0.1) is 10.4 Å². The Bertz CT molecular complexity index is 1540. The van der Waals surface area contributed by atoms with Crippen molar-refractivity contribution in [3.8, 4) is 11.1 Å². The Morgan fingerprint density at radius 3 is 2.50 bits per heavy atom. The first-order chi connectivity index (χ1) is 17.1. The van der Waals surface area contributed by atoms with E-state index in [0.717, 1.165) is 11.3 Å². The molecule has 1 aliphatic rings. The number of hydrogen-bond acceptors (Lipinski definition) is 7. The molecular formula is C27H27ClN4O4. The zero-order chi connectivity index (χ0) is 25.6. The Hall–Kier alpha value is -3.78. The van der Waals surface area contributed by atoms with E-state index in [4.69, 9.17) is 26.5 Å². The van der Waals surface area contributed by atoms with Gasteiger partial charge in [0.2, 0.25) is 5.43 Å². The Morgan fingerprint density at radius 1 is 1.06 bits per heavy atom. The smallest absolute Gasteiger partial charge is 0.410 e. The number of anilines is 2. The first kappa shape index (κ1) is 23.9. The molecule has 0 saturated carbocycles. The first-order valence-corrected chi connectivity index (χ1v) is 12.1. The highest BCUT2D eigenvalue weighted by Gasteiger charge is 2.26. The third-order valence-corrected chi connectivity index (χ3v) is 6.42. The third kappa shape index (κ3) is 4.56. The van der Waals surface area contributed by atoms with Gasteiger partial charge in [-0.05, 0) is 56.7 Å². The number of aromatic nitrogens is 1. The van der Waals surface area contributed by atoms with Gasteiger partial charge in [0, 0.05) is 37.4 Å². The van der Waals surface area contributed by atoms with Crippen molar-refractivity contribution in [2.75, 3.05) is 36.8 Å². The van der Waals surface area contributed by atoms with E-state index in [1.54, 1.807) is 29.2 Å². The van der Waals surface area contributed by atoms with Crippen molar-refractivity contribution in [1.29, 1.82) is 0 Å². The summed E-state index contributed by atoms with van der Waals surface area (Å²) in [7, 11) is 0. The molecule has 2 aromatic carbocycles. The third-order valence-electron chi connectivity index (χ3n) is 6.11. The Morgan fingerprint density at radius 2 is 1.78 bits per heavy atom. The average Bonchev–Trinajstić information content (AvgIpc) is 2.83. The van der Waals surface area contributed by atoms with E-state index in [-0.39, 0.29) is 22.9 Å². The van der Waals surface area contributed by atoms with Gasteiger partial charge in [-0.15, -0.1) is 0 Å². The lowest BCUT2D eigenvalue weighted by molar-refractivity contribution is 0.0240. The zero-order valence-corrected chi connectivity index (χ0v) is 21.1. The number of piperazine rings is 1. The Labute approximate surface area is 213 Å². The molecule has 9 heteroatoms. The lowest BCUT2D eigenvalue weighted by Gasteiger charge is -2.36. The quantitative estimate of drug-likeness (QED) is 0.368. The van der Waals surface area contributed by atoms with Gasteiger partial charge >= 0.3 is 6.09 Å². The highest BCUT2D eigenvalue weighted by Crippen LogP contribution is 2.32. The molecule has 5 rings (SSSR count). The van der Waals surface area contributed by atoms with E-state index < -0.39 is 5.60 Å². The molecular weight excluding hydrogens is 480 g/mol. The first-order valence-electron chi connectivity index (χ1n) is 11.8. The number of benzene rings is 2. The fourth-order valence-electron chi connectivity index (χ4n) is 4.37. The van der Waals surface area contributed by atoms with Crippen LogP contribution >= 0.6 is 11.6 Å². The minimum atomic E-state index is -0.520. The molecule has 0 spiro atoms. The minimum absolute atomic E-state index is 0.145. The van der Waals surface area contributed by atoms with Crippen molar-refractivity contribution in [3.05, 3.63) is 63.8 Å². The molecule has 186 valence electrons. The summed E-state index contributed by atoms with van der Waals surface area (Å²) in [5.41, 5.74) is 8.88. The van der Waals surface area contributed by atoms with E-state index in [9.17, 15) is 9.59 Å². The number of fused-ring (bicyclic) bond motifs is 2. The monoisotopic (exact) mass is 506 g/mol. The molecule has 1 saturated heterocycles. The second-order valence-corrected chi connectivity index (χ2v) is 10.2. The summed E-state index contributed by atoms with van der Waals surface area (Å²) in [5, 5.41) is 0.603. The molecule has 4 aromatic rings. The van der Waals surface area contributed by atoms with E-state index >= 15 is 0 Å². The van der Waals surface area contributed by atoms with Gasteiger partial charge in [0.15, 0.2) is 11.1 Å². The van der Waals surface area contributed by atoms with Crippen LogP contribution in [-0.2, 0) is 4.74 Å². The number of halogens is 1. The second kappa shape index (κ2) is 9.02. The molecule has 2 aromatic heterocycles. The summed E-state index contributed by atoms with van der Waals surface area (Å²) in [5.74, 6) is 0.230. The summed E-state index contributed by atoms with van der Waals surface area (Å²) in [6, 6.07) is 14.8. The van der Waals surface area contributed by atoms with Gasteiger partial charge in [-0.2, -0.15) is 0 Å². The fraction of sp³-hybridized carbons (Fsp3) is 0.296. The van der Waals surface area contributed by atoms with Gasteiger partial charge < -0.3 is 24.7 Å². The highest BCUT2D eigenvalue weighted by atomic mass is 35.5. The van der Waals surface area contributed by atoms with Crippen molar-refractivity contribution in [3.63, 3.8) is 0 Å². The number of rotatable bonds is 2. The molecule has 3 heterocycles. The molecule has 0 radical (unpaired) electrons. The highest BCUT2D eigenvalue weighted by molar-refractivity contribution is 6.35. The molecule has 1 fully saturated rings. The maximum absolute atomic E-state index is 13.0. The summed E-state index contributed by atoms with van der Waals surface area (Å²) < 4.78 is 11.5. The molecule has 0 bridgehead atoms. The van der Waals surface area contributed by atoms with Crippen LogP contribution in [0.2, 0.25) is 5.02 Å². The molecule has 0 unspecified atom stereocenters. The SMILES string of the molecule is CC(C)(C)OC(=O)N1CCN(c2cccc(-c3cc4oc5cccc(Cl)c5c(=O)c4nc3N)c2)CC1. The summed E-state index contributed by atoms with van der Waals surface area (Å²) in [6.07, 6.45) is -0.291. The lowest BCUT2D eigenvalue weighted by atomic mass is 10.0. The minimum Gasteiger partial charge on any atom is -0.454 e. The number of ether oxygens (including phenoxy) is 1. The van der Waals surface area contributed by atoms with Gasteiger partial charge in [-0.25, -0.2) is 9.78 Å². The van der Waals surface area contributed by atoms with Crippen LogP contribution in [0, 0.1) is 0 Å². The molecule has 36 heavy (non-hydrogen) atoms. The number of carbonyl (C=O) groups is 1. The Kier molecular flexibility index (Phi) is 6.00. The summed E-state index contributed by atoms with van der Waals surface area (Å²) in [6.45, 7) is 8.08. The van der Waals surface area contributed by atoms with Crippen LogP contribution in [-0.4, -0.2) is 47.8 Å². The van der Waals surface area contributed by atoms with Crippen LogP contribution in [0.5, 0.6) is 0 Å². The van der Waals surface area contributed by atoms with Gasteiger partial charge in [0.25, 0.3) is 0 Å². The summed E-state index contributed by atoms with van der Waals surface area (Å²) >= 11 is 6.22. The summed E-state index contributed by atoms with van der Waals surface area (Å²) in [4.78, 5) is 33.7. The van der Waals surface area contributed by atoms with Crippen molar-refractivity contribution in [1.82, 2.24) is 9.88 Å². The maximum Gasteiger partial charge on any atom is 0.410 e. The predicted molar refractivity (Wildman–Crippen MR) is 143 cm³/mol. The number of hydrogen-bond donors (Lipinski definition) is 1. The Balaban J connectivity index is 1.43. The van der Waals surface area contributed by atoms with E-state index in [1.807, 2.05) is 45.0 Å². The average molecular weight is 507 g/mol. The van der Waals surface area contributed by atoms with Crippen LogP contribution in [0.25, 0.3) is 33.2 Å². The molecule has 2 N–H and O–H groups in total. The zero-order valence-electron chi connectivity index (χ0n) is 20.4. The maximum atomic E-state index is 13.0. The van der Waals surface area contributed by atoms with E-state index in [0.29, 0.717) is 53.3 Å². The molecule has 0 atom stereocenters. The predicted octanol–water partition coefficient (Wildman–Crippen LogP) is 5.30. The molecule has 8 nitrogen and oxygen atoms in total. The second-order valence-electron chi connectivity index (χ2n) is 9.82. The largest absolute Gasteiger partial charge is 0.454 e. The van der Waals surface area contributed by atoms with Crippen LogP contribution in [0.3, 0.4) is 0 Å². The number of nitrogens with zero attached hydrogens (tertiary/aromatic N) is 3. The topological polar surface area (TPSA) is 102 Å². The number of amides is 1.